The topological polar surface area (TPSA) is 100 Å². The molecule has 0 bridgehead atoms. The molecule has 0 fully saturated rings. The quantitative estimate of drug-likeness (QED) is 0.324. The van der Waals surface area contributed by atoms with E-state index in [0.29, 0.717) is 0 Å². The number of hydrogen-bond acceptors (Lipinski definition) is 6. The molecule has 0 radical (unpaired) electrons. The van der Waals surface area contributed by atoms with Crippen molar-refractivity contribution in [1.82, 2.24) is 0 Å². The summed E-state index contributed by atoms with van der Waals surface area (Å²) in [5, 5.41) is 10.8. The molecule has 0 amide bonds. The fourth-order valence-corrected chi connectivity index (χ4v) is 0.354. The summed E-state index contributed by atoms with van der Waals surface area (Å²) in [5.74, 6) is 0. The summed E-state index contributed by atoms with van der Waals surface area (Å²) in [5.41, 5.74) is 0. The van der Waals surface area contributed by atoms with Gasteiger partial charge in [0.1, 0.15) is 0 Å². The van der Waals surface area contributed by atoms with E-state index < -0.39 is 10.0 Å². The Morgan fingerprint density at radius 2 is 1.27 bits per heavy atom. The van der Waals surface area contributed by atoms with Gasteiger partial charge >= 0.3 is 10.0 Å². The van der Waals surface area contributed by atoms with Crippen molar-refractivity contribution in [2.24, 2.45) is 0 Å². The summed E-state index contributed by atoms with van der Waals surface area (Å²) in [7, 11) is 2.73. The minimum atomic E-state index is -0.568. The lowest BCUT2D eigenvalue weighted by molar-refractivity contribution is 0.309. The number of isocyanates is 2. The standard InChI is InChI=1S/C2H8O2Si.2CHNO/c1-3-5-4-2;2*2-1-3/h5H2,1-2H3;2*2H. The van der Waals surface area contributed by atoms with Gasteiger partial charge in [-0.15, -0.1) is 0 Å². The molecule has 0 aromatic rings. The Bertz CT molecular complexity index is 103. The third-order valence-corrected chi connectivity index (χ3v) is 0.707. The molecule has 0 aromatic carbocycles. The summed E-state index contributed by atoms with van der Waals surface area (Å²) in [4.78, 5) is 16.7. The first-order valence-electron chi connectivity index (χ1n) is 2.30. The Morgan fingerprint density at radius 1 is 1.09 bits per heavy atom. The first-order chi connectivity index (χ1) is 5.24. The van der Waals surface area contributed by atoms with E-state index in [0.717, 1.165) is 12.2 Å². The zero-order valence-corrected chi connectivity index (χ0v) is 7.75. The molecule has 0 saturated heterocycles. The van der Waals surface area contributed by atoms with Crippen molar-refractivity contribution in [2.45, 2.75) is 0 Å². The van der Waals surface area contributed by atoms with Crippen molar-refractivity contribution < 1.29 is 18.4 Å². The Morgan fingerprint density at radius 3 is 1.27 bits per heavy atom. The highest BCUT2D eigenvalue weighted by Gasteiger charge is 1.67. The van der Waals surface area contributed by atoms with Gasteiger partial charge in [0.2, 0.25) is 12.2 Å². The molecule has 64 valence electrons. The molecule has 0 aliphatic rings. The molecule has 0 unspecified atom stereocenters. The van der Waals surface area contributed by atoms with Gasteiger partial charge in [-0.1, -0.05) is 0 Å². The van der Waals surface area contributed by atoms with Crippen LogP contribution in [-0.4, -0.2) is 36.4 Å². The molecule has 0 aliphatic heterocycles. The van der Waals surface area contributed by atoms with Gasteiger partial charge in [-0.2, -0.15) is 0 Å². The zero-order valence-electron chi connectivity index (χ0n) is 6.34. The Labute approximate surface area is 66.6 Å². The van der Waals surface area contributed by atoms with Crippen LogP contribution in [0.15, 0.2) is 0 Å². The molecule has 2 N–H and O–H groups in total. The van der Waals surface area contributed by atoms with Crippen LogP contribution in [0.25, 0.3) is 0 Å². The summed E-state index contributed by atoms with van der Waals surface area (Å²) < 4.78 is 9.22. The largest absolute Gasteiger partial charge is 0.402 e. The van der Waals surface area contributed by atoms with E-state index in [4.69, 9.17) is 20.4 Å². The molecule has 0 rings (SSSR count). The maximum atomic E-state index is 8.35. The van der Waals surface area contributed by atoms with Gasteiger partial charge in [-0.3, -0.25) is 0 Å². The third-order valence-electron chi connectivity index (χ3n) is 0.236. The van der Waals surface area contributed by atoms with E-state index in [1.807, 2.05) is 0 Å². The maximum Gasteiger partial charge on any atom is 0.303 e. The smallest absolute Gasteiger partial charge is 0.303 e. The minimum Gasteiger partial charge on any atom is -0.402 e. The van der Waals surface area contributed by atoms with E-state index in [1.165, 1.54) is 0 Å². The number of nitrogens with one attached hydrogen (secondary N) is 2. The second-order valence-corrected chi connectivity index (χ2v) is 2.29. The second kappa shape index (κ2) is 36.5. The lowest BCUT2D eigenvalue weighted by atomic mass is 11.7. The summed E-state index contributed by atoms with van der Waals surface area (Å²) in [6.45, 7) is 0. The van der Waals surface area contributed by atoms with E-state index in [9.17, 15) is 0 Å². The molecule has 0 aliphatic carbocycles. The summed E-state index contributed by atoms with van der Waals surface area (Å²) in [6, 6.07) is 0. The highest BCUT2D eigenvalue weighted by Crippen LogP contribution is 1.55. The Hall–Kier alpha value is -1.10. The Balaban J connectivity index is -0.0000000933. The van der Waals surface area contributed by atoms with Crippen LogP contribution in [0.1, 0.15) is 0 Å². The van der Waals surface area contributed by atoms with Gasteiger partial charge in [-0.05, 0) is 0 Å². The van der Waals surface area contributed by atoms with Crippen LogP contribution in [-0.2, 0) is 18.4 Å². The van der Waals surface area contributed by atoms with Crippen molar-refractivity contribution in [2.75, 3.05) is 14.2 Å². The van der Waals surface area contributed by atoms with Gasteiger partial charge in [0, 0.05) is 14.2 Å². The molecule has 6 nitrogen and oxygen atoms in total. The average Bonchev–Trinajstić information content (AvgIpc) is 1.92. The first-order valence-corrected chi connectivity index (χ1v) is 3.46. The third kappa shape index (κ3) is 526. The van der Waals surface area contributed by atoms with Crippen molar-refractivity contribution >= 4 is 22.2 Å². The average molecular weight is 178 g/mol. The lowest BCUT2D eigenvalue weighted by Gasteiger charge is -1.86. The van der Waals surface area contributed by atoms with Crippen LogP contribution in [0.3, 0.4) is 0 Å². The van der Waals surface area contributed by atoms with E-state index in [-0.39, 0.29) is 0 Å². The van der Waals surface area contributed by atoms with Crippen molar-refractivity contribution in [3.63, 3.8) is 0 Å². The summed E-state index contributed by atoms with van der Waals surface area (Å²) >= 11 is 0. The predicted molar refractivity (Wildman–Crippen MR) is 39.4 cm³/mol. The maximum absolute atomic E-state index is 8.35. The van der Waals surface area contributed by atoms with E-state index in [2.05, 4.69) is 8.85 Å². The van der Waals surface area contributed by atoms with Gasteiger partial charge < -0.3 is 8.85 Å². The van der Waals surface area contributed by atoms with Gasteiger partial charge in [0.05, 0.1) is 0 Å². The lowest BCUT2D eigenvalue weighted by Crippen LogP contribution is -1.93. The SMILES string of the molecule is CO[SiH2]OC.N=C=O.N=C=O. The normalized spacial score (nSPS) is 5.27. The fraction of sp³-hybridized carbons (Fsp3) is 0.500. The van der Waals surface area contributed by atoms with Gasteiger partial charge in [0.15, 0.2) is 0 Å². The molecule has 0 atom stereocenters. The van der Waals surface area contributed by atoms with E-state index in [1.54, 1.807) is 14.2 Å². The molecular formula is C4H10N2O4Si. The zero-order chi connectivity index (χ0) is 9.54. The molecule has 0 aromatic heterocycles. The molecule has 7 heteroatoms. The summed E-state index contributed by atoms with van der Waals surface area (Å²) in [6.07, 6.45) is 1.50. The van der Waals surface area contributed by atoms with Crippen molar-refractivity contribution in [3.05, 3.63) is 0 Å². The van der Waals surface area contributed by atoms with Crippen LogP contribution in [0.5, 0.6) is 0 Å². The molecule has 0 spiro atoms. The Kier molecular flexibility index (Phi) is 54.7. The molecule has 11 heavy (non-hydrogen) atoms. The van der Waals surface area contributed by atoms with Crippen LogP contribution in [0.4, 0.5) is 0 Å². The molecular weight excluding hydrogens is 168 g/mol. The van der Waals surface area contributed by atoms with Crippen molar-refractivity contribution in [1.29, 1.82) is 10.8 Å². The van der Waals surface area contributed by atoms with Crippen molar-refractivity contribution in [3.8, 4) is 0 Å². The fourth-order valence-electron chi connectivity index (χ4n) is 0.118. The van der Waals surface area contributed by atoms with E-state index >= 15 is 0 Å². The number of hydrogen-bond donors (Lipinski definition) is 2. The van der Waals surface area contributed by atoms with Gasteiger partial charge in [0.25, 0.3) is 0 Å². The van der Waals surface area contributed by atoms with Crippen LogP contribution >= 0.6 is 0 Å². The van der Waals surface area contributed by atoms with Crippen LogP contribution < -0.4 is 0 Å². The first kappa shape index (κ1) is 16.5. The van der Waals surface area contributed by atoms with Gasteiger partial charge in [-0.25, -0.2) is 20.4 Å². The monoisotopic (exact) mass is 178 g/mol. The molecule has 0 heterocycles. The number of carbonyl (C=O) groups excluding carboxylic acids is 2. The van der Waals surface area contributed by atoms with Crippen LogP contribution in [0.2, 0.25) is 0 Å². The highest BCUT2D eigenvalue weighted by atomic mass is 28.3. The predicted octanol–water partition coefficient (Wildman–Crippen LogP) is -0.920. The van der Waals surface area contributed by atoms with Crippen LogP contribution in [0, 0.1) is 10.8 Å². The minimum absolute atomic E-state index is 0.568. The second-order valence-electron chi connectivity index (χ2n) is 0.899. The molecule has 0 saturated carbocycles. The highest BCUT2D eigenvalue weighted by molar-refractivity contribution is 6.17. The number of rotatable bonds is 2.